The molecule has 2 saturated heterocycles. The predicted molar refractivity (Wildman–Crippen MR) is 88.5 cm³/mol. The Morgan fingerprint density at radius 3 is 2.62 bits per heavy atom. The first-order chi connectivity index (χ1) is 11.6. The van der Waals surface area contributed by atoms with Crippen LogP contribution in [0.2, 0.25) is 0 Å². The highest BCUT2D eigenvalue weighted by molar-refractivity contribution is 7.99. The highest BCUT2D eigenvalue weighted by atomic mass is 32.2. The van der Waals surface area contributed by atoms with Gasteiger partial charge in [0.05, 0.1) is 11.9 Å². The van der Waals surface area contributed by atoms with E-state index in [1.165, 1.54) is 18.7 Å². The minimum atomic E-state index is -0.504. The van der Waals surface area contributed by atoms with Crippen molar-refractivity contribution >= 4 is 17.7 Å². The monoisotopic (exact) mass is 354 g/mol. The minimum Gasteiger partial charge on any atom is -0.458 e. The van der Waals surface area contributed by atoms with Crippen LogP contribution < -0.4 is 0 Å². The third-order valence-electron chi connectivity index (χ3n) is 4.16. The lowest BCUT2D eigenvalue weighted by molar-refractivity contribution is -0.332. The zero-order valence-corrected chi connectivity index (χ0v) is 14.7. The molecule has 24 heavy (non-hydrogen) atoms. The first-order valence-electron chi connectivity index (χ1n) is 7.84. The molecule has 6 nitrogen and oxygen atoms in total. The van der Waals surface area contributed by atoms with Gasteiger partial charge in [-0.05, 0) is 6.26 Å². The molecular formula is C17H22O6S. The van der Waals surface area contributed by atoms with E-state index in [9.17, 15) is 4.79 Å². The number of esters is 1. The number of thioether (sulfide) groups is 1. The first-order valence-corrected chi connectivity index (χ1v) is 9.13. The van der Waals surface area contributed by atoms with Gasteiger partial charge in [0.2, 0.25) is 0 Å². The van der Waals surface area contributed by atoms with Gasteiger partial charge in [0.15, 0.2) is 12.6 Å². The van der Waals surface area contributed by atoms with Crippen molar-refractivity contribution in [3.63, 3.8) is 0 Å². The molecule has 0 bridgehead atoms. The van der Waals surface area contributed by atoms with Gasteiger partial charge in [0.1, 0.15) is 18.3 Å². The molecule has 0 aliphatic carbocycles. The Morgan fingerprint density at radius 1 is 1.25 bits per heavy atom. The minimum absolute atomic E-state index is 0.172. The van der Waals surface area contributed by atoms with Gasteiger partial charge in [-0.3, -0.25) is 4.79 Å². The number of rotatable bonds is 4. The summed E-state index contributed by atoms with van der Waals surface area (Å²) in [5.41, 5.74) is 0.923. The molecule has 0 saturated carbocycles. The Bertz CT molecular complexity index is 553. The number of ether oxygens (including phenoxy) is 5. The number of benzene rings is 1. The van der Waals surface area contributed by atoms with Crippen LogP contribution in [0.5, 0.6) is 0 Å². The Kier molecular flexibility index (Phi) is 5.78. The largest absolute Gasteiger partial charge is 0.458 e. The van der Waals surface area contributed by atoms with E-state index in [1.54, 1.807) is 7.11 Å². The zero-order chi connectivity index (χ0) is 17.1. The third-order valence-corrected chi connectivity index (χ3v) is 5.20. The number of hydrogen-bond acceptors (Lipinski definition) is 7. The Morgan fingerprint density at radius 2 is 2.00 bits per heavy atom. The van der Waals surface area contributed by atoms with Crippen LogP contribution in [0.1, 0.15) is 18.8 Å². The maximum Gasteiger partial charge on any atom is 0.303 e. The summed E-state index contributed by atoms with van der Waals surface area (Å²) in [7, 11) is 1.58. The van der Waals surface area contributed by atoms with E-state index in [1.807, 2.05) is 36.6 Å². The Labute approximate surface area is 145 Å². The average Bonchev–Trinajstić information content (AvgIpc) is 2.61. The van der Waals surface area contributed by atoms with Crippen LogP contribution in [0, 0.1) is 0 Å². The van der Waals surface area contributed by atoms with Crippen LogP contribution >= 0.6 is 11.8 Å². The van der Waals surface area contributed by atoms with Crippen LogP contribution in [-0.2, 0) is 28.5 Å². The highest BCUT2D eigenvalue weighted by Crippen LogP contribution is 2.38. The van der Waals surface area contributed by atoms with Crippen molar-refractivity contribution in [1.29, 1.82) is 0 Å². The van der Waals surface area contributed by atoms with Crippen molar-refractivity contribution in [2.75, 3.05) is 20.0 Å². The van der Waals surface area contributed by atoms with Gasteiger partial charge in [0, 0.05) is 19.6 Å². The van der Waals surface area contributed by atoms with Gasteiger partial charge >= 0.3 is 5.97 Å². The molecule has 132 valence electrons. The molecule has 1 aromatic carbocycles. The zero-order valence-electron chi connectivity index (χ0n) is 13.9. The molecular weight excluding hydrogens is 332 g/mol. The fourth-order valence-corrected chi connectivity index (χ4v) is 3.97. The second kappa shape index (κ2) is 7.84. The summed E-state index contributed by atoms with van der Waals surface area (Å²) in [4.78, 5) is 11.6. The molecule has 2 aliphatic rings. The van der Waals surface area contributed by atoms with Crippen molar-refractivity contribution < 1.29 is 28.5 Å². The van der Waals surface area contributed by atoms with Gasteiger partial charge in [-0.15, -0.1) is 0 Å². The van der Waals surface area contributed by atoms with Crippen LogP contribution in [0.25, 0.3) is 0 Å². The summed E-state index contributed by atoms with van der Waals surface area (Å²) in [5.74, 6) is -0.346. The van der Waals surface area contributed by atoms with Gasteiger partial charge in [-0.1, -0.05) is 30.3 Å². The molecule has 1 aromatic rings. The van der Waals surface area contributed by atoms with Crippen LogP contribution in [-0.4, -0.2) is 55.8 Å². The number of fused-ring (bicyclic) bond motifs is 1. The summed E-state index contributed by atoms with van der Waals surface area (Å²) in [6, 6.07) is 9.69. The number of carbonyl (C=O) groups excluding carboxylic acids is 1. The van der Waals surface area contributed by atoms with Gasteiger partial charge in [0.25, 0.3) is 0 Å². The number of methoxy groups -OCH3 is 1. The molecule has 1 unspecified atom stereocenters. The van der Waals surface area contributed by atoms with Crippen LogP contribution in [0.15, 0.2) is 30.3 Å². The number of hydrogen-bond donors (Lipinski definition) is 0. The molecule has 0 spiro atoms. The van der Waals surface area contributed by atoms with E-state index >= 15 is 0 Å². The maximum absolute atomic E-state index is 11.6. The van der Waals surface area contributed by atoms with E-state index < -0.39 is 24.8 Å². The molecule has 2 fully saturated rings. The van der Waals surface area contributed by atoms with Crippen molar-refractivity contribution in [3.8, 4) is 0 Å². The predicted octanol–water partition coefficient (Wildman–Crippen LogP) is 2.14. The Hall–Kier alpha value is -1.12. The van der Waals surface area contributed by atoms with Gasteiger partial charge in [-0.25, -0.2) is 0 Å². The third kappa shape index (κ3) is 3.60. The first kappa shape index (κ1) is 17.7. The normalized spacial score (nSPS) is 36.0. The second-order valence-electron chi connectivity index (χ2n) is 5.73. The lowest BCUT2D eigenvalue weighted by atomic mass is 9.99. The summed E-state index contributed by atoms with van der Waals surface area (Å²) < 4.78 is 28.9. The molecule has 2 heterocycles. The quantitative estimate of drug-likeness (QED) is 0.768. The molecule has 7 heteroatoms. The number of carbonyl (C=O) groups is 1. The molecule has 2 aliphatic heterocycles. The molecule has 0 amide bonds. The molecule has 0 N–H and O–H groups in total. The second-order valence-corrected chi connectivity index (χ2v) is 6.75. The maximum atomic E-state index is 11.6. The van der Waals surface area contributed by atoms with E-state index in [-0.39, 0.29) is 17.3 Å². The van der Waals surface area contributed by atoms with Gasteiger partial charge in [-0.2, -0.15) is 11.8 Å². The Balaban J connectivity index is 1.83. The molecule has 0 aromatic heterocycles. The van der Waals surface area contributed by atoms with Crippen molar-refractivity contribution in [1.82, 2.24) is 0 Å². The van der Waals surface area contributed by atoms with E-state index in [2.05, 4.69) is 0 Å². The summed E-state index contributed by atoms with van der Waals surface area (Å²) >= 11 is 1.53. The SMILES string of the molecule is CO[C@@H]1O[C@@H]2COC(c3ccccc3)O[C@H]2[C@H](OC(C)=O)[C@@H]1SC. The van der Waals surface area contributed by atoms with Crippen molar-refractivity contribution in [2.24, 2.45) is 0 Å². The van der Waals surface area contributed by atoms with Crippen LogP contribution in [0.4, 0.5) is 0 Å². The molecule has 6 atom stereocenters. The van der Waals surface area contributed by atoms with Gasteiger partial charge < -0.3 is 23.7 Å². The van der Waals surface area contributed by atoms with E-state index in [4.69, 9.17) is 23.7 Å². The lowest BCUT2D eigenvalue weighted by Crippen LogP contribution is -2.62. The standard InChI is InChI=1S/C17H22O6S/c1-10(18)21-14-13-12(22-17(19-2)15(14)24-3)9-20-16(23-13)11-7-5-4-6-8-11/h4-8,12-17H,9H2,1-3H3/t12-,13-,14+,15+,16?,17-/m1/s1. The molecule has 0 radical (unpaired) electrons. The summed E-state index contributed by atoms with van der Waals surface area (Å²) in [6.45, 7) is 1.75. The van der Waals surface area contributed by atoms with Crippen molar-refractivity contribution in [2.45, 2.75) is 43.1 Å². The van der Waals surface area contributed by atoms with Crippen molar-refractivity contribution in [3.05, 3.63) is 35.9 Å². The highest BCUT2D eigenvalue weighted by Gasteiger charge is 2.51. The van der Waals surface area contributed by atoms with E-state index in [0.717, 1.165) is 5.56 Å². The smallest absolute Gasteiger partial charge is 0.303 e. The average molecular weight is 354 g/mol. The fraction of sp³-hybridized carbons (Fsp3) is 0.588. The van der Waals surface area contributed by atoms with E-state index in [0.29, 0.717) is 6.61 Å². The fourth-order valence-electron chi connectivity index (χ4n) is 3.09. The van der Waals surface area contributed by atoms with Crippen LogP contribution in [0.3, 0.4) is 0 Å². The summed E-state index contributed by atoms with van der Waals surface area (Å²) in [6.07, 6.45) is -0.261. The topological polar surface area (TPSA) is 63.2 Å². The summed E-state index contributed by atoms with van der Waals surface area (Å²) in [5, 5.41) is -0.172. The molecule has 3 rings (SSSR count). The lowest BCUT2D eigenvalue weighted by Gasteiger charge is -2.48.